The second kappa shape index (κ2) is 9.64. The molecule has 5 nitrogen and oxygen atoms in total. The van der Waals surface area contributed by atoms with Crippen LogP contribution in [-0.2, 0) is 20.9 Å². The molecular formula is C26H24FNO4. The number of hydrogen-bond acceptors (Lipinski definition) is 4. The van der Waals surface area contributed by atoms with Gasteiger partial charge < -0.3 is 14.4 Å². The van der Waals surface area contributed by atoms with Crippen LogP contribution in [0.3, 0.4) is 0 Å². The lowest BCUT2D eigenvalue weighted by atomic mass is 10.1. The number of amides is 1. The summed E-state index contributed by atoms with van der Waals surface area (Å²) in [5.41, 5.74) is 2.34. The van der Waals surface area contributed by atoms with Crippen LogP contribution in [0.2, 0.25) is 0 Å². The van der Waals surface area contributed by atoms with Crippen LogP contribution < -0.4 is 9.64 Å². The third kappa shape index (κ3) is 5.14. The van der Waals surface area contributed by atoms with Crippen molar-refractivity contribution >= 4 is 17.6 Å². The van der Waals surface area contributed by atoms with E-state index in [0.29, 0.717) is 11.4 Å². The number of carbonyl (C=O) groups excluding carboxylic acids is 2. The van der Waals surface area contributed by atoms with Crippen LogP contribution >= 0.6 is 0 Å². The second-order valence-corrected chi connectivity index (χ2v) is 7.81. The van der Waals surface area contributed by atoms with Crippen molar-refractivity contribution in [2.24, 2.45) is 5.92 Å². The Hall–Kier alpha value is -3.67. The molecule has 1 aliphatic heterocycles. The van der Waals surface area contributed by atoms with Gasteiger partial charge in [0, 0.05) is 18.7 Å². The van der Waals surface area contributed by atoms with Crippen LogP contribution in [0.4, 0.5) is 10.1 Å². The third-order valence-corrected chi connectivity index (χ3v) is 5.46. The van der Waals surface area contributed by atoms with Gasteiger partial charge in [-0.05, 0) is 54.4 Å². The average molecular weight is 433 g/mol. The number of anilines is 1. The maximum Gasteiger partial charge on any atom is 0.311 e. The monoisotopic (exact) mass is 433 g/mol. The molecule has 1 aliphatic rings. The zero-order valence-corrected chi connectivity index (χ0v) is 17.7. The molecule has 3 aromatic rings. The summed E-state index contributed by atoms with van der Waals surface area (Å²) in [6.45, 7) is 2.35. The number of esters is 1. The maximum absolute atomic E-state index is 13.3. The number of rotatable bonds is 7. The quantitative estimate of drug-likeness (QED) is 0.489. The van der Waals surface area contributed by atoms with Gasteiger partial charge in [0.05, 0.1) is 5.92 Å². The number of benzene rings is 3. The lowest BCUT2D eigenvalue weighted by molar-refractivity contribution is -0.153. The summed E-state index contributed by atoms with van der Waals surface area (Å²) in [6.07, 6.45) is -0.250. The molecule has 4 rings (SSSR count). The van der Waals surface area contributed by atoms with Gasteiger partial charge in [-0.15, -0.1) is 0 Å². The van der Waals surface area contributed by atoms with Gasteiger partial charge >= 0.3 is 5.97 Å². The predicted molar refractivity (Wildman–Crippen MR) is 119 cm³/mol. The Kier molecular flexibility index (Phi) is 6.50. The van der Waals surface area contributed by atoms with Gasteiger partial charge in [-0.2, -0.15) is 0 Å². The molecule has 1 fully saturated rings. The SMILES string of the molecule is C[C@@H](OC(=O)[C@@H]1CC(=O)N(c2ccc(OCc3cccc(F)c3)cc2)C1)c1ccccc1. The Labute approximate surface area is 186 Å². The minimum Gasteiger partial charge on any atom is -0.489 e. The van der Waals surface area contributed by atoms with E-state index < -0.39 is 5.92 Å². The predicted octanol–water partition coefficient (Wildman–Crippen LogP) is 5.06. The summed E-state index contributed by atoms with van der Waals surface area (Å²) in [4.78, 5) is 26.7. The molecule has 2 atom stereocenters. The first kappa shape index (κ1) is 21.6. The topological polar surface area (TPSA) is 55.8 Å². The molecule has 164 valence electrons. The van der Waals surface area contributed by atoms with Gasteiger partial charge in [0.25, 0.3) is 0 Å². The number of carbonyl (C=O) groups is 2. The largest absolute Gasteiger partial charge is 0.489 e. The first-order valence-electron chi connectivity index (χ1n) is 10.5. The lowest BCUT2D eigenvalue weighted by Gasteiger charge is -2.18. The van der Waals surface area contributed by atoms with E-state index in [4.69, 9.17) is 9.47 Å². The van der Waals surface area contributed by atoms with E-state index in [1.807, 2.05) is 37.3 Å². The lowest BCUT2D eigenvalue weighted by Crippen LogP contribution is -2.26. The first-order valence-corrected chi connectivity index (χ1v) is 10.5. The number of hydrogen-bond donors (Lipinski definition) is 0. The fourth-order valence-corrected chi connectivity index (χ4v) is 3.69. The highest BCUT2D eigenvalue weighted by Crippen LogP contribution is 2.29. The van der Waals surface area contributed by atoms with E-state index in [1.165, 1.54) is 12.1 Å². The Bertz CT molecular complexity index is 1080. The molecule has 0 saturated carbocycles. The molecule has 1 saturated heterocycles. The van der Waals surface area contributed by atoms with Crippen molar-refractivity contribution in [2.45, 2.75) is 26.1 Å². The highest BCUT2D eigenvalue weighted by molar-refractivity contribution is 5.99. The van der Waals surface area contributed by atoms with Crippen molar-refractivity contribution in [3.05, 3.63) is 95.8 Å². The van der Waals surface area contributed by atoms with Crippen molar-refractivity contribution in [1.29, 1.82) is 0 Å². The molecule has 3 aromatic carbocycles. The number of ether oxygens (including phenoxy) is 2. The first-order chi connectivity index (χ1) is 15.5. The fourth-order valence-electron chi connectivity index (χ4n) is 3.69. The molecule has 0 spiro atoms. The van der Waals surface area contributed by atoms with Crippen LogP contribution in [0.25, 0.3) is 0 Å². The maximum atomic E-state index is 13.3. The molecule has 6 heteroatoms. The van der Waals surface area contributed by atoms with Crippen molar-refractivity contribution in [2.75, 3.05) is 11.4 Å². The highest BCUT2D eigenvalue weighted by atomic mass is 19.1. The van der Waals surface area contributed by atoms with E-state index >= 15 is 0 Å². The van der Waals surface area contributed by atoms with E-state index in [-0.39, 0.29) is 43.4 Å². The van der Waals surface area contributed by atoms with E-state index in [0.717, 1.165) is 11.1 Å². The van der Waals surface area contributed by atoms with Gasteiger partial charge in [-0.3, -0.25) is 9.59 Å². The number of halogens is 1. The normalized spacial score (nSPS) is 16.6. The van der Waals surface area contributed by atoms with Gasteiger partial charge in [-0.25, -0.2) is 4.39 Å². The average Bonchev–Trinajstić information content (AvgIpc) is 3.20. The summed E-state index contributed by atoms with van der Waals surface area (Å²) in [5.74, 6) is -0.685. The number of nitrogens with zero attached hydrogens (tertiary/aromatic N) is 1. The van der Waals surface area contributed by atoms with Gasteiger partial charge in [0.1, 0.15) is 24.3 Å². The summed E-state index contributed by atoms with van der Waals surface area (Å²) >= 11 is 0. The summed E-state index contributed by atoms with van der Waals surface area (Å²) in [7, 11) is 0. The van der Waals surface area contributed by atoms with Gasteiger partial charge in [0.15, 0.2) is 0 Å². The van der Waals surface area contributed by atoms with Gasteiger partial charge in [-0.1, -0.05) is 42.5 Å². The Balaban J connectivity index is 1.34. The Morgan fingerprint density at radius 1 is 1.06 bits per heavy atom. The molecule has 0 radical (unpaired) electrons. The molecule has 1 amide bonds. The van der Waals surface area contributed by atoms with Gasteiger partial charge in [0.2, 0.25) is 5.91 Å². The Morgan fingerprint density at radius 2 is 1.81 bits per heavy atom. The van der Waals surface area contributed by atoms with E-state index in [9.17, 15) is 14.0 Å². The molecule has 32 heavy (non-hydrogen) atoms. The fraction of sp³-hybridized carbons (Fsp3) is 0.231. The van der Waals surface area contributed by atoms with Crippen LogP contribution in [0, 0.1) is 11.7 Å². The van der Waals surface area contributed by atoms with Crippen LogP contribution in [-0.4, -0.2) is 18.4 Å². The van der Waals surface area contributed by atoms with E-state index in [1.54, 1.807) is 41.3 Å². The zero-order valence-electron chi connectivity index (χ0n) is 17.7. The van der Waals surface area contributed by atoms with Crippen LogP contribution in [0.1, 0.15) is 30.6 Å². The standard InChI is InChI=1S/C26H24FNO4/c1-18(20-7-3-2-4-8-20)32-26(30)21-15-25(29)28(16-21)23-10-12-24(13-11-23)31-17-19-6-5-9-22(27)14-19/h2-14,18,21H,15-17H2,1H3/t18-,21-/m1/s1. The minimum absolute atomic E-state index is 0.118. The zero-order chi connectivity index (χ0) is 22.5. The van der Waals surface area contributed by atoms with E-state index in [2.05, 4.69) is 0 Å². The molecule has 0 N–H and O–H groups in total. The smallest absolute Gasteiger partial charge is 0.311 e. The van der Waals surface area contributed by atoms with Crippen LogP contribution in [0.15, 0.2) is 78.9 Å². The highest BCUT2D eigenvalue weighted by Gasteiger charge is 2.36. The molecular weight excluding hydrogens is 409 g/mol. The van der Waals surface area contributed by atoms with Crippen molar-refractivity contribution in [1.82, 2.24) is 0 Å². The second-order valence-electron chi connectivity index (χ2n) is 7.81. The minimum atomic E-state index is -0.502. The molecule has 0 aromatic heterocycles. The van der Waals surface area contributed by atoms with Crippen molar-refractivity contribution in [3.8, 4) is 5.75 Å². The van der Waals surface area contributed by atoms with Crippen molar-refractivity contribution < 1.29 is 23.5 Å². The summed E-state index contributed by atoms with van der Waals surface area (Å²) in [5, 5.41) is 0. The molecule has 1 heterocycles. The Morgan fingerprint density at radius 3 is 2.53 bits per heavy atom. The molecule has 0 bridgehead atoms. The summed E-state index contributed by atoms with van der Waals surface area (Å²) < 4.78 is 24.6. The van der Waals surface area contributed by atoms with Crippen LogP contribution in [0.5, 0.6) is 5.75 Å². The molecule has 0 unspecified atom stereocenters. The van der Waals surface area contributed by atoms with Crippen molar-refractivity contribution in [3.63, 3.8) is 0 Å². The molecule has 0 aliphatic carbocycles. The third-order valence-electron chi connectivity index (χ3n) is 5.46. The summed E-state index contributed by atoms with van der Waals surface area (Å²) in [6, 6.07) is 22.8.